The molecule has 0 rings (SSSR count). The molecular weight excluding hydrogens is 404 g/mol. The van der Waals surface area contributed by atoms with Crippen LogP contribution in [0.4, 0.5) is 0 Å². The van der Waals surface area contributed by atoms with E-state index in [1.165, 1.54) is 19.4 Å². The summed E-state index contributed by atoms with van der Waals surface area (Å²) >= 11 is 3.30. The minimum absolute atomic E-state index is 0.205. The SMILES string of the molecule is CC(C)(C=O)CSCCCC(N)=NCC[CH]=[W]. The first kappa shape index (κ1) is 17.0. The van der Waals surface area contributed by atoms with Crippen LogP contribution in [0, 0.1) is 5.41 Å². The van der Waals surface area contributed by atoms with Gasteiger partial charge < -0.3 is 4.79 Å². The van der Waals surface area contributed by atoms with Crippen molar-refractivity contribution in [1.82, 2.24) is 0 Å². The van der Waals surface area contributed by atoms with Crippen molar-refractivity contribution >= 4 is 28.3 Å². The third-order valence-corrected chi connectivity index (χ3v) is 4.45. The first-order valence-electron chi connectivity index (χ1n) is 5.78. The third-order valence-electron chi connectivity index (χ3n) is 2.08. The summed E-state index contributed by atoms with van der Waals surface area (Å²) in [5, 5.41) is 0. The molecule has 0 aliphatic carbocycles. The van der Waals surface area contributed by atoms with Crippen LogP contribution in [-0.4, -0.2) is 34.6 Å². The molecule has 3 nitrogen and oxygen atoms in total. The van der Waals surface area contributed by atoms with E-state index >= 15 is 0 Å². The molecule has 0 radical (unpaired) electrons. The first-order chi connectivity index (χ1) is 8.02. The summed E-state index contributed by atoms with van der Waals surface area (Å²) in [5.74, 6) is 2.68. The summed E-state index contributed by atoms with van der Waals surface area (Å²) in [4.78, 5) is 15.0. The molecule has 2 N–H and O–H groups in total. The van der Waals surface area contributed by atoms with Crippen LogP contribution in [0.5, 0.6) is 0 Å². The van der Waals surface area contributed by atoms with Gasteiger partial charge in [-0.15, -0.1) is 0 Å². The van der Waals surface area contributed by atoms with E-state index in [2.05, 4.69) is 9.39 Å². The average molecular weight is 426 g/mol. The summed E-state index contributed by atoms with van der Waals surface area (Å²) in [6.45, 7) is 4.75. The number of thioether (sulfide) groups is 1. The maximum absolute atomic E-state index is 10.7. The first-order valence-corrected chi connectivity index (χ1v) is 8.63. The zero-order valence-electron chi connectivity index (χ0n) is 10.6. The number of nitrogens with two attached hydrogens (primary N) is 1. The zero-order chi connectivity index (χ0) is 13.1. The quantitative estimate of drug-likeness (QED) is 0.251. The van der Waals surface area contributed by atoms with E-state index < -0.39 is 0 Å². The van der Waals surface area contributed by atoms with Crippen LogP contribution in [-0.2, 0) is 24.1 Å². The molecule has 0 atom stereocenters. The number of aliphatic imine (C=N–C) groups is 1. The van der Waals surface area contributed by atoms with Crippen LogP contribution >= 0.6 is 11.8 Å². The van der Waals surface area contributed by atoms with Crippen molar-refractivity contribution in [1.29, 1.82) is 0 Å². The van der Waals surface area contributed by atoms with Crippen molar-refractivity contribution in [3.05, 3.63) is 0 Å². The second kappa shape index (κ2) is 10.0. The molecule has 0 aromatic rings. The Morgan fingerprint density at radius 1 is 1.53 bits per heavy atom. The number of amidine groups is 1. The summed E-state index contributed by atoms with van der Waals surface area (Å²) < 4.78 is 2.17. The van der Waals surface area contributed by atoms with Crippen LogP contribution in [0.25, 0.3) is 0 Å². The fourth-order valence-electron chi connectivity index (χ4n) is 1.06. The van der Waals surface area contributed by atoms with E-state index in [1.807, 2.05) is 25.6 Å². The van der Waals surface area contributed by atoms with E-state index in [4.69, 9.17) is 5.73 Å². The van der Waals surface area contributed by atoms with E-state index in [0.717, 1.165) is 49.4 Å². The normalized spacial score (nSPS) is 12.5. The van der Waals surface area contributed by atoms with Crippen LogP contribution in [0.15, 0.2) is 4.99 Å². The molecule has 0 amide bonds. The van der Waals surface area contributed by atoms with Gasteiger partial charge in [0, 0.05) is 0 Å². The van der Waals surface area contributed by atoms with Gasteiger partial charge in [0.15, 0.2) is 0 Å². The van der Waals surface area contributed by atoms with Gasteiger partial charge in [0.25, 0.3) is 0 Å². The number of hydrogen-bond acceptors (Lipinski definition) is 3. The predicted octanol–water partition coefficient (Wildman–Crippen LogP) is 1.82. The number of nitrogens with zero attached hydrogens (tertiary/aromatic N) is 1. The molecule has 0 aromatic carbocycles. The summed E-state index contributed by atoms with van der Waals surface area (Å²) in [6.07, 6.45) is 3.96. The summed E-state index contributed by atoms with van der Waals surface area (Å²) in [7, 11) is 0. The van der Waals surface area contributed by atoms with Gasteiger partial charge in [-0.05, 0) is 0 Å². The Kier molecular flexibility index (Phi) is 10.0. The second-order valence-corrected chi connectivity index (χ2v) is 6.89. The van der Waals surface area contributed by atoms with E-state index in [1.54, 1.807) is 0 Å². The molecule has 0 aliphatic rings. The van der Waals surface area contributed by atoms with Crippen molar-refractivity contribution in [2.75, 3.05) is 18.1 Å². The summed E-state index contributed by atoms with van der Waals surface area (Å²) in [6, 6.07) is 0. The monoisotopic (exact) mass is 426 g/mol. The van der Waals surface area contributed by atoms with Crippen molar-refractivity contribution in [2.24, 2.45) is 16.1 Å². The molecular formula is C12H22N2OSW. The Labute approximate surface area is 119 Å². The van der Waals surface area contributed by atoms with Gasteiger partial charge >= 0.3 is 115 Å². The Bertz CT molecular complexity index is 267. The van der Waals surface area contributed by atoms with Crippen LogP contribution in [0.2, 0.25) is 0 Å². The van der Waals surface area contributed by atoms with Crippen molar-refractivity contribution in [3.8, 4) is 0 Å². The molecule has 0 spiro atoms. The Balaban J connectivity index is 3.54. The molecule has 17 heavy (non-hydrogen) atoms. The van der Waals surface area contributed by atoms with Gasteiger partial charge in [-0.1, -0.05) is 0 Å². The van der Waals surface area contributed by atoms with Gasteiger partial charge in [-0.2, -0.15) is 0 Å². The van der Waals surface area contributed by atoms with E-state index in [-0.39, 0.29) is 5.41 Å². The number of rotatable bonds is 10. The van der Waals surface area contributed by atoms with Crippen LogP contribution < -0.4 is 5.73 Å². The number of carbonyl (C=O) groups excluding carboxylic acids is 1. The Morgan fingerprint density at radius 2 is 2.24 bits per heavy atom. The summed E-state index contributed by atoms with van der Waals surface area (Å²) in [5.41, 5.74) is 5.58. The fraction of sp³-hybridized carbons (Fsp3) is 0.750. The van der Waals surface area contributed by atoms with Crippen LogP contribution in [0.1, 0.15) is 33.1 Å². The average Bonchev–Trinajstić information content (AvgIpc) is 2.29. The van der Waals surface area contributed by atoms with Gasteiger partial charge in [-0.3, -0.25) is 0 Å². The Hall–Kier alpha value is 0.0483. The molecule has 0 heterocycles. The topological polar surface area (TPSA) is 55.5 Å². The molecule has 0 bridgehead atoms. The maximum atomic E-state index is 10.7. The molecule has 0 saturated heterocycles. The van der Waals surface area contributed by atoms with Gasteiger partial charge in [0.1, 0.15) is 0 Å². The van der Waals surface area contributed by atoms with Crippen molar-refractivity contribution in [2.45, 2.75) is 33.1 Å². The predicted molar refractivity (Wildman–Crippen MR) is 73.6 cm³/mol. The van der Waals surface area contributed by atoms with E-state index in [9.17, 15) is 4.79 Å². The second-order valence-electron chi connectivity index (χ2n) is 4.59. The van der Waals surface area contributed by atoms with Gasteiger partial charge in [-0.25, -0.2) is 0 Å². The van der Waals surface area contributed by atoms with Gasteiger partial charge in [0.05, 0.1) is 0 Å². The third kappa shape index (κ3) is 10.9. The molecule has 0 aromatic heterocycles. The molecule has 0 fully saturated rings. The fourth-order valence-corrected chi connectivity index (χ4v) is 2.53. The molecule has 0 saturated carbocycles. The van der Waals surface area contributed by atoms with Crippen molar-refractivity contribution < 1.29 is 24.1 Å². The zero-order valence-corrected chi connectivity index (χ0v) is 14.4. The Morgan fingerprint density at radius 3 is 2.82 bits per heavy atom. The number of hydrogen-bond donors (Lipinski definition) is 1. The number of aldehydes is 1. The van der Waals surface area contributed by atoms with Gasteiger partial charge in [0.2, 0.25) is 0 Å². The van der Waals surface area contributed by atoms with Crippen LogP contribution in [0.3, 0.4) is 0 Å². The number of carbonyl (C=O) groups is 1. The standard InChI is InChI=1S/C12H22N2OS.W/c1-4-7-14-11(13)6-5-8-16-10-12(2,3)9-15;/h1,9H,4-8,10H2,2-3H3,(H2,13,14);. The molecule has 0 unspecified atom stereocenters. The van der Waals surface area contributed by atoms with E-state index in [0.29, 0.717) is 0 Å². The van der Waals surface area contributed by atoms with Crippen molar-refractivity contribution in [3.63, 3.8) is 0 Å². The molecule has 5 heteroatoms. The molecule has 98 valence electrons. The molecule has 0 aliphatic heterocycles. The minimum atomic E-state index is -0.205.